The Morgan fingerprint density at radius 1 is 1.15 bits per heavy atom. The van der Waals surface area contributed by atoms with Gasteiger partial charge in [-0.25, -0.2) is 0 Å². The summed E-state index contributed by atoms with van der Waals surface area (Å²) < 4.78 is 18.0. The number of hydrogen-bond donors (Lipinski definition) is 2. The zero-order valence-electron chi connectivity index (χ0n) is 13.5. The summed E-state index contributed by atoms with van der Waals surface area (Å²) in [5.74, 6) is 0. The predicted octanol–water partition coefficient (Wildman–Crippen LogP) is 1.68. The van der Waals surface area contributed by atoms with Gasteiger partial charge in [0.25, 0.3) is 0 Å². The maximum atomic E-state index is 6.84. The van der Waals surface area contributed by atoms with E-state index in [1.165, 1.54) is 0 Å². The first kappa shape index (κ1) is 18.1. The first-order valence-corrected chi connectivity index (χ1v) is 9.68. The summed E-state index contributed by atoms with van der Waals surface area (Å²) in [5.41, 5.74) is 12.1. The van der Waals surface area contributed by atoms with Crippen molar-refractivity contribution < 1.29 is 13.6 Å². The van der Waals surface area contributed by atoms with Gasteiger partial charge in [-0.05, 0) is 44.7 Å². The molecule has 0 aliphatic carbocycles. The van der Waals surface area contributed by atoms with Gasteiger partial charge in [0, 0.05) is 26.9 Å². The van der Waals surface area contributed by atoms with E-state index >= 15 is 0 Å². The minimum Gasteiger partial charge on any atom is -0.396 e. The fraction of sp³-hybridized carbons (Fsp3) is 1.00. The van der Waals surface area contributed by atoms with Crippen molar-refractivity contribution >= 4 is 8.56 Å². The predicted molar refractivity (Wildman–Crippen MR) is 83.7 cm³/mol. The Balaban J connectivity index is 3.26. The fourth-order valence-corrected chi connectivity index (χ4v) is 8.26. The molecule has 0 aromatic carbocycles. The van der Waals surface area contributed by atoms with Crippen LogP contribution in [0.5, 0.6) is 0 Å². The van der Waals surface area contributed by atoms with E-state index in [1.807, 2.05) is 0 Å². The molecule has 5 nitrogen and oxygen atoms in total. The van der Waals surface area contributed by atoms with Gasteiger partial charge in [0.05, 0.1) is 0 Å². The average Bonchev–Trinajstić information content (AvgIpc) is 2.47. The van der Waals surface area contributed by atoms with Gasteiger partial charge >= 0.3 is 8.56 Å². The Bertz CT molecular complexity index is 302. The van der Waals surface area contributed by atoms with E-state index in [2.05, 4.69) is 6.92 Å². The summed E-state index contributed by atoms with van der Waals surface area (Å²) >= 11 is 0. The second-order valence-corrected chi connectivity index (χ2v) is 9.47. The van der Waals surface area contributed by atoms with Crippen LogP contribution in [0.25, 0.3) is 0 Å². The number of nitrogens with two attached hydrogens (primary N) is 2. The lowest BCUT2D eigenvalue weighted by Gasteiger charge is -2.57. The molecule has 1 saturated heterocycles. The molecule has 2 unspecified atom stereocenters. The van der Waals surface area contributed by atoms with Crippen LogP contribution in [0.1, 0.15) is 45.4 Å². The first-order chi connectivity index (χ1) is 9.51. The average molecular weight is 305 g/mol. The van der Waals surface area contributed by atoms with Crippen molar-refractivity contribution in [2.45, 2.75) is 62.3 Å². The largest absolute Gasteiger partial charge is 0.396 e. The highest BCUT2D eigenvalue weighted by molar-refractivity contribution is 6.71. The molecule has 2 atom stereocenters. The van der Waals surface area contributed by atoms with Gasteiger partial charge in [0.2, 0.25) is 0 Å². The van der Waals surface area contributed by atoms with E-state index in [1.54, 1.807) is 21.3 Å². The summed E-state index contributed by atoms with van der Waals surface area (Å²) in [7, 11) is 2.74. The quantitative estimate of drug-likeness (QED) is 0.667. The van der Waals surface area contributed by atoms with E-state index in [-0.39, 0.29) is 0 Å². The van der Waals surface area contributed by atoms with Crippen LogP contribution >= 0.6 is 0 Å². The standard InChI is InChI=1S/C14H32N2O3Si/c1-5-8-14(17-2)13(16,9-6-11-15)10-7-12-20(14,18-3)19-4/h5-12,15-16H2,1-4H3. The molecule has 1 aliphatic heterocycles. The van der Waals surface area contributed by atoms with E-state index in [9.17, 15) is 0 Å². The zero-order chi connectivity index (χ0) is 15.3. The molecule has 0 saturated carbocycles. The van der Waals surface area contributed by atoms with Crippen molar-refractivity contribution in [1.29, 1.82) is 0 Å². The highest BCUT2D eigenvalue weighted by atomic mass is 28.4. The lowest BCUT2D eigenvalue weighted by atomic mass is 9.80. The second kappa shape index (κ2) is 7.33. The monoisotopic (exact) mass is 304 g/mol. The van der Waals surface area contributed by atoms with E-state index in [4.69, 9.17) is 25.1 Å². The molecular formula is C14H32N2O3Si. The van der Waals surface area contributed by atoms with Crippen LogP contribution in [0.15, 0.2) is 0 Å². The number of hydrogen-bond acceptors (Lipinski definition) is 5. The maximum absolute atomic E-state index is 6.84. The highest BCUT2D eigenvalue weighted by Crippen LogP contribution is 2.49. The normalized spacial score (nSPS) is 33.3. The van der Waals surface area contributed by atoms with Crippen LogP contribution < -0.4 is 11.5 Å². The van der Waals surface area contributed by atoms with Crippen molar-refractivity contribution in [2.24, 2.45) is 11.5 Å². The molecule has 120 valence electrons. The Morgan fingerprint density at radius 3 is 2.25 bits per heavy atom. The van der Waals surface area contributed by atoms with Gasteiger partial charge in [0.15, 0.2) is 0 Å². The Morgan fingerprint density at radius 2 is 1.80 bits per heavy atom. The van der Waals surface area contributed by atoms with Crippen molar-refractivity contribution in [2.75, 3.05) is 27.9 Å². The SMILES string of the molecule is CCCC1(OC)C(N)(CCCN)CCC[Si]1(OC)OC. The van der Waals surface area contributed by atoms with E-state index < -0.39 is 19.3 Å². The molecule has 4 N–H and O–H groups in total. The molecule has 6 heteroatoms. The lowest BCUT2D eigenvalue weighted by molar-refractivity contribution is -0.0702. The second-order valence-electron chi connectivity index (χ2n) is 5.84. The summed E-state index contributed by atoms with van der Waals surface area (Å²) in [5, 5.41) is -0.494. The van der Waals surface area contributed by atoms with Gasteiger partial charge in [-0.2, -0.15) is 0 Å². The summed E-state index contributed by atoms with van der Waals surface area (Å²) in [6.07, 6.45) is 5.61. The summed E-state index contributed by atoms with van der Waals surface area (Å²) in [4.78, 5) is 0. The minimum absolute atomic E-state index is 0.409. The van der Waals surface area contributed by atoms with Crippen LogP contribution in [0.2, 0.25) is 6.04 Å². The third-order valence-corrected chi connectivity index (χ3v) is 9.50. The summed E-state index contributed by atoms with van der Waals surface area (Å²) in [6, 6.07) is 0.940. The molecule has 1 heterocycles. The Labute approximate surface area is 124 Å². The number of ether oxygens (including phenoxy) is 1. The molecule has 0 radical (unpaired) electrons. The van der Waals surface area contributed by atoms with Crippen LogP contribution in [0.4, 0.5) is 0 Å². The number of methoxy groups -OCH3 is 1. The molecule has 0 aromatic heterocycles. The van der Waals surface area contributed by atoms with Crippen molar-refractivity contribution in [3.63, 3.8) is 0 Å². The molecule has 1 rings (SSSR count). The highest BCUT2D eigenvalue weighted by Gasteiger charge is 2.67. The van der Waals surface area contributed by atoms with E-state index in [0.29, 0.717) is 6.54 Å². The van der Waals surface area contributed by atoms with Crippen LogP contribution in [0, 0.1) is 0 Å². The van der Waals surface area contributed by atoms with Crippen molar-refractivity contribution in [1.82, 2.24) is 0 Å². The molecule has 0 bridgehead atoms. The Kier molecular flexibility index (Phi) is 6.62. The first-order valence-electron chi connectivity index (χ1n) is 7.66. The summed E-state index contributed by atoms with van der Waals surface area (Å²) in [6.45, 7) is 2.81. The topological polar surface area (TPSA) is 79.7 Å². The third kappa shape index (κ3) is 2.69. The fourth-order valence-electron chi connectivity index (χ4n) is 4.03. The van der Waals surface area contributed by atoms with E-state index in [0.717, 1.165) is 44.6 Å². The minimum atomic E-state index is -2.50. The van der Waals surface area contributed by atoms with Crippen LogP contribution in [0.3, 0.4) is 0 Å². The van der Waals surface area contributed by atoms with Crippen LogP contribution in [-0.2, 0) is 13.6 Å². The van der Waals surface area contributed by atoms with Crippen molar-refractivity contribution in [3.8, 4) is 0 Å². The van der Waals surface area contributed by atoms with Gasteiger partial charge in [-0.1, -0.05) is 13.3 Å². The van der Waals surface area contributed by atoms with Crippen molar-refractivity contribution in [3.05, 3.63) is 0 Å². The molecule has 0 spiro atoms. The van der Waals surface area contributed by atoms with Gasteiger partial charge in [-0.3, -0.25) is 0 Å². The number of rotatable bonds is 8. The molecule has 0 amide bonds. The lowest BCUT2D eigenvalue weighted by Crippen LogP contribution is -2.78. The molecule has 1 fully saturated rings. The molecular weight excluding hydrogens is 272 g/mol. The molecule has 1 aliphatic rings. The molecule has 20 heavy (non-hydrogen) atoms. The maximum Gasteiger partial charge on any atom is 0.372 e. The molecule has 0 aromatic rings. The zero-order valence-corrected chi connectivity index (χ0v) is 14.5. The Hall–Kier alpha value is 0.0169. The smallest absolute Gasteiger partial charge is 0.372 e. The third-order valence-electron chi connectivity index (χ3n) is 4.99. The van der Waals surface area contributed by atoms with Gasteiger partial charge in [0.1, 0.15) is 5.22 Å². The van der Waals surface area contributed by atoms with Gasteiger partial charge < -0.3 is 25.1 Å². The van der Waals surface area contributed by atoms with Gasteiger partial charge in [-0.15, -0.1) is 0 Å². The van der Waals surface area contributed by atoms with Crippen LogP contribution in [-0.4, -0.2) is 47.2 Å².